The number of amides is 1. The zero-order chi connectivity index (χ0) is 17.4. The van der Waals surface area contributed by atoms with Gasteiger partial charge in [-0.25, -0.2) is 0 Å². The molecule has 2 heterocycles. The Kier molecular flexibility index (Phi) is 5.83. The molecular weight excluding hydrogens is 346 g/mol. The summed E-state index contributed by atoms with van der Waals surface area (Å²) in [6.07, 6.45) is 7.28. The highest BCUT2D eigenvalue weighted by molar-refractivity contribution is 5.93. The van der Waals surface area contributed by atoms with Crippen LogP contribution in [0.25, 0.3) is 0 Å². The average molecular weight is 378 g/mol. The number of likely N-dealkylation sites (tertiary alicyclic amines) is 1. The zero-order valence-corrected chi connectivity index (χ0v) is 16.9. The molecule has 0 aromatic heterocycles. The van der Waals surface area contributed by atoms with Crippen LogP contribution in [0.3, 0.4) is 0 Å². The standard InChI is InChI=1S/C21H31N3O.ClH/c1-16-3-7-18(8-4-16)23-13-11-21(12-14-23)20(25)22-15-24(21)19-9-5-17(2)6-10-19;/h5-6,9-10,16,18H,3-4,7-8,11-15H2,1-2H3,(H,22,25);1H. The Morgan fingerprint density at radius 2 is 1.65 bits per heavy atom. The number of benzene rings is 1. The van der Waals surface area contributed by atoms with Gasteiger partial charge in [-0.15, -0.1) is 12.4 Å². The summed E-state index contributed by atoms with van der Waals surface area (Å²) in [6, 6.07) is 9.35. The molecule has 0 bridgehead atoms. The van der Waals surface area contributed by atoms with Crippen LogP contribution in [0.5, 0.6) is 0 Å². The van der Waals surface area contributed by atoms with Crippen LogP contribution in [0, 0.1) is 12.8 Å². The Hall–Kier alpha value is -1.26. The molecule has 4 rings (SSSR count). The lowest BCUT2D eigenvalue weighted by molar-refractivity contribution is -0.125. The highest BCUT2D eigenvalue weighted by atomic mass is 35.5. The molecule has 2 aliphatic heterocycles. The first-order valence-corrected chi connectivity index (χ1v) is 9.95. The minimum atomic E-state index is -0.340. The van der Waals surface area contributed by atoms with Crippen molar-refractivity contribution in [1.29, 1.82) is 0 Å². The lowest BCUT2D eigenvalue weighted by atomic mass is 9.82. The normalized spacial score (nSPS) is 28.7. The fourth-order valence-corrected chi connectivity index (χ4v) is 5.02. The van der Waals surface area contributed by atoms with Gasteiger partial charge in [-0.1, -0.05) is 24.6 Å². The highest BCUT2D eigenvalue weighted by Gasteiger charge is 2.50. The number of hydrogen-bond acceptors (Lipinski definition) is 3. The molecule has 0 unspecified atom stereocenters. The van der Waals surface area contributed by atoms with E-state index in [-0.39, 0.29) is 23.9 Å². The minimum Gasteiger partial charge on any atom is -0.339 e. The van der Waals surface area contributed by atoms with Crippen molar-refractivity contribution < 1.29 is 4.79 Å². The summed E-state index contributed by atoms with van der Waals surface area (Å²) in [6.45, 7) is 7.23. The fourth-order valence-electron chi connectivity index (χ4n) is 5.02. The van der Waals surface area contributed by atoms with Gasteiger partial charge in [-0.3, -0.25) is 4.79 Å². The van der Waals surface area contributed by atoms with Gasteiger partial charge in [0.05, 0.1) is 6.67 Å². The molecule has 1 N–H and O–H groups in total. The molecule has 1 amide bonds. The first kappa shape index (κ1) is 19.5. The Balaban J connectivity index is 0.00000196. The first-order valence-electron chi connectivity index (χ1n) is 9.95. The van der Waals surface area contributed by atoms with Crippen LogP contribution in [-0.4, -0.2) is 42.1 Å². The molecule has 4 nitrogen and oxygen atoms in total. The number of carbonyl (C=O) groups is 1. The molecule has 1 aliphatic carbocycles. The van der Waals surface area contributed by atoms with Crippen molar-refractivity contribution in [3.63, 3.8) is 0 Å². The van der Waals surface area contributed by atoms with Crippen LogP contribution in [0.1, 0.15) is 51.0 Å². The van der Waals surface area contributed by atoms with Gasteiger partial charge in [0.2, 0.25) is 5.91 Å². The third-order valence-electron chi connectivity index (χ3n) is 6.81. The number of piperidine rings is 1. The Morgan fingerprint density at radius 1 is 1.04 bits per heavy atom. The summed E-state index contributed by atoms with van der Waals surface area (Å²) in [7, 11) is 0. The van der Waals surface area contributed by atoms with Gasteiger partial charge in [0, 0.05) is 24.8 Å². The van der Waals surface area contributed by atoms with E-state index >= 15 is 0 Å². The number of nitrogens with zero attached hydrogens (tertiary/aromatic N) is 2. The molecule has 1 spiro atoms. The highest BCUT2D eigenvalue weighted by Crippen LogP contribution is 2.38. The van der Waals surface area contributed by atoms with Crippen LogP contribution < -0.4 is 10.2 Å². The molecule has 5 heteroatoms. The van der Waals surface area contributed by atoms with E-state index in [2.05, 4.69) is 53.2 Å². The molecule has 1 saturated carbocycles. The monoisotopic (exact) mass is 377 g/mol. The lowest BCUT2D eigenvalue weighted by Gasteiger charge is -2.46. The largest absolute Gasteiger partial charge is 0.339 e. The Morgan fingerprint density at radius 3 is 2.27 bits per heavy atom. The molecule has 0 radical (unpaired) electrons. The molecular formula is C21H32ClN3O. The smallest absolute Gasteiger partial charge is 0.247 e. The van der Waals surface area contributed by atoms with Gasteiger partial charge < -0.3 is 15.1 Å². The van der Waals surface area contributed by atoms with Crippen LogP contribution >= 0.6 is 12.4 Å². The second kappa shape index (κ2) is 7.77. The maximum absolute atomic E-state index is 12.8. The number of carbonyl (C=O) groups excluding carboxylic acids is 1. The van der Waals surface area contributed by atoms with Crippen LogP contribution in [0.15, 0.2) is 24.3 Å². The number of aryl methyl sites for hydroxylation is 1. The summed E-state index contributed by atoms with van der Waals surface area (Å²) < 4.78 is 0. The van der Waals surface area contributed by atoms with Crippen molar-refractivity contribution in [2.75, 3.05) is 24.7 Å². The SMILES string of the molecule is Cc1ccc(N2CNC(=O)C23CCN(C2CCC(C)CC2)CC3)cc1.Cl. The van der Waals surface area contributed by atoms with E-state index in [0.717, 1.165) is 37.9 Å². The maximum Gasteiger partial charge on any atom is 0.247 e. The number of nitrogens with one attached hydrogen (secondary N) is 1. The maximum atomic E-state index is 12.8. The quantitative estimate of drug-likeness (QED) is 0.853. The molecule has 0 atom stereocenters. The summed E-state index contributed by atoms with van der Waals surface area (Å²) in [5, 5.41) is 3.11. The zero-order valence-electron chi connectivity index (χ0n) is 16.0. The number of halogens is 1. The van der Waals surface area contributed by atoms with Gasteiger partial charge >= 0.3 is 0 Å². The predicted molar refractivity (Wildman–Crippen MR) is 109 cm³/mol. The van der Waals surface area contributed by atoms with Gasteiger partial charge in [0.1, 0.15) is 5.54 Å². The minimum absolute atomic E-state index is 0. The van der Waals surface area contributed by atoms with Crippen molar-refractivity contribution in [3.8, 4) is 0 Å². The van der Waals surface area contributed by atoms with E-state index in [0.29, 0.717) is 6.67 Å². The second-order valence-corrected chi connectivity index (χ2v) is 8.41. The van der Waals surface area contributed by atoms with E-state index in [9.17, 15) is 4.79 Å². The third-order valence-corrected chi connectivity index (χ3v) is 6.81. The summed E-state index contributed by atoms with van der Waals surface area (Å²) >= 11 is 0. The summed E-state index contributed by atoms with van der Waals surface area (Å²) in [5.41, 5.74) is 2.09. The fraction of sp³-hybridized carbons (Fsp3) is 0.667. The van der Waals surface area contributed by atoms with Gasteiger partial charge in [-0.2, -0.15) is 0 Å². The predicted octanol–water partition coefficient (Wildman–Crippen LogP) is 3.72. The number of anilines is 1. The second-order valence-electron chi connectivity index (χ2n) is 8.41. The topological polar surface area (TPSA) is 35.6 Å². The van der Waals surface area contributed by atoms with E-state index in [1.165, 1.54) is 36.9 Å². The Labute approximate surface area is 163 Å². The summed E-state index contributed by atoms with van der Waals surface area (Å²) in [5.74, 6) is 1.12. The third kappa shape index (κ3) is 3.46. The first-order chi connectivity index (χ1) is 12.1. The molecule has 3 fully saturated rings. The van der Waals surface area contributed by atoms with E-state index in [4.69, 9.17) is 0 Å². The van der Waals surface area contributed by atoms with Crippen molar-refractivity contribution in [2.45, 2.75) is 64.0 Å². The number of hydrogen-bond donors (Lipinski definition) is 1. The number of rotatable bonds is 2. The van der Waals surface area contributed by atoms with Crippen molar-refractivity contribution in [1.82, 2.24) is 10.2 Å². The van der Waals surface area contributed by atoms with Crippen molar-refractivity contribution >= 4 is 24.0 Å². The van der Waals surface area contributed by atoms with E-state index in [1.54, 1.807) is 0 Å². The van der Waals surface area contributed by atoms with Gasteiger partial charge in [-0.05, 0) is 63.5 Å². The van der Waals surface area contributed by atoms with Gasteiger partial charge in [0.25, 0.3) is 0 Å². The summed E-state index contributed by atoms with van der Waals surface area (Å²) in [4.78, 5) is 17.7. The van der Waals surface area contributed by atoms with Crippen molar-refractivity contribution in [2.24, 2.45) is 5.92 Å². The van der Waals surface area contributed by atoms with Crippen LogP contribution in [0.4, 0.5) is 5.69 Å². The van der Waals surface area contributed by atoms with E-state index in [1.807, 2.05) is 0 Å². The molecule has 3 aliphatic rings. The van der Waals surface area contributed by atoms with Gasteiger partial charge in [0.15, 0.2) is 0 Å². The molecule has 1 aromatic rings. The van der Waals surface area contributed by atoms with E-state index < -0.39 is 0 Å². The molecule has 26 heavy (non-hydrogen) atoms. The average Bonchev–Trinajstić information content (AvgIpc) is 2.94. The van der Waals surface area contributed by atoms with Crippen molar-refractivity contribution in [3.05, 3.63) is 29.8 Å². The van der Waals surface area contributed by atoms with Crippen LogP contribution in [0.2, 0.25) is 0 Å². The lowest BCUT2D eigenvalue weighted by Crippen LogP contribution is -2.58. The molecule has 1 aromatic carbocycles. The van der Waals surface area contributed by atoms with Crippen LogP contribution in [-0.2, 0) is 4.79 Å². The molecule has 2 saturated heterocycles. The Bertz CT molecular complexity index is 617. The molecule has 144 valence electrons.